The Labute approximate surface area is 180 Å². The topological polar surface area (TPSA) is 9.23 Å². The van der Waals surface area contributed by atoms with Crippen molar-refractivity contribution < 1.29 is 4.52 Å². The number of hydrogen-bond donors (Lipinski definition) is 0. The van der Waals surface area contributed by atoms with E-state index >= 15 is 0 Å². The van der Waals surface area contributed by atoms with E-state index in [-0.39, 0.29) is 5.41 Å². The molecule has 0 atom stereocenters. The molecule has 4 aromatic carbocycles. The molecule has 4 aromatic rings. The maximum Gasteiger partial charge on any atom is 0.287 e. The molecular formula is C28H28OP+. The summed E-state index contributed by atoms with van der Waals surface area (Å²) in [6, 6.07) is 40.5. The van der Waals surface area contributed by atoms with Crippen LogP contribution in [0.15, 0.2) is 115 Å². The lowest BCUT2D eigenvalue weighted by molar-refractivity contribution is 0.584. The summed E-state index contributed by atoms with van der Waals surface area (Å²) in [6.07, 6.45) is 0. The van der Waals surface area contributed by atoms with Crippen molar-refractivity contribution in [3.63, 3.8) is 0 Å². The summed E-state index contributed by atoms with van der Waals surface area (Å²) < 4.78 is 7.04. The zero-order valence-electron chi connectivity index (χ0n) is 17.8. The number of benzene rings is 4. The first-order valence-electron chi connectivity index (χ1n) is 10.4. The molecule has 0 saturated heterocycles. The Morgan fingerprint density at radius 1 is 0.500 bits per heavy atom. The zero-order valence-corrected chi connectivity index (χ0v) is 18.7. The summed E-state index contributed by atoms with van der Waals surface area (Å²) >= 11 is 0. The molecule has 0 fully saturated rings. The van der Waals surface area contributed by atoms with Crippen molar-refractivity contribution in [1.82, 2.24) is 0 Å². The summed E-state index contributed by atoms with van der Waals surface area (Å²) in [7, 11) is -2.33. The summed E-state index contributed by atoms with van der Waals surface area (Å²) in [6.45, 7) is 6.70. The van der Waals surface area contributed by atoms with Crippen LogP contribution in [0.5, 0.6) is 5.75 Å². The van der Waals surface area contributed by atoms with Gasteiger partial charge in [-0.15, -0.1) is 0 Å². The van der Waals surface area contributed by atoms with Crippen LogP contribution in [-0.4, -0.2) is 0 Å². The molecule has 0 unspecified atom stereocenters. The molecule has 1 nitrogen and oxygen atoms in total. The monoisotopic (exact) mass is 411 g/mol. The predicted molar refractivity (Wildman–Crippen MR) is 131 cm³/mol. The molecule has 30 heavy (non-hydrogen) atoms. The quantitative estimate of drug-likeness (QED) is 0.352. The van der Waals surface area contributed by atoms with Crippen LogP contribution in [0.4, 0.5) is 0 Å². The Morgan fingerprint density at radius 2 is 0.867 bits per heavy atom. The molecule has 4 rings (SSSR count). The molecule has 0 aliphatic heterocycles. The summed E-state index contributed by atoms with van der Waals surface area (Å²) in [5, 5.41) is 3.63. The van der Waals surface area contributed by atoms with Gasteiger partial charge in [-0.05, 0) is 59.5 Å². The van der Waals surface area contributed by atoms with Crippen molar-refractivity contribution in [3.05, 3.63) is 121 Å². The van der Waals surface area contributed by atoms with E-state index in [0.717, 1.165) is 5.75 Å². The smallest absolute Gasteiger partial charge is 0.287 e. The van der Waals surface area contributed by atoms with E-state index in [9.17, 15) is 0 Å². The van der Waals surface area contributed by atoms with E-state index in [1.807, 2.05) is 0 Å². The second-order valence-electron chi connectivity index (χ2n) is 8.48. The fraction of sp³-hybridized carbons (Fsp3) is 0.143. The lowest BCUT2D eigenvalue weighted by Gasteiger charge is -2.26. The van der Waals surface area contributed by atoms with E-state index in [1.165, 1.54) is 21.5 Å². The number of hydrogen-bond acceptors (Lipinski definition) is 1. The highest BCUT2D eigenvalue weighted by Gasteiger charge is 2.49. The SMILES string of the molecule is CC(C)(C)c1ccc(O[P+](c2ccccc2)(c2ccccc2)c2ccccc2)cc1. The molecule has 0 radical (unpaired) electrons. The van der Waals surface area contributed by atoms with Gasteiger partial charge in [0.1, 0.15) is 15.9 Å². The Morgan fingerprint density at radius 3 is 1.20 bits per heavy atom. The third-order valence-electron chi connectivity index (χ3n) is 5.32. The Balaban J connectivity index is 1.91. The highest BCUT2D eigenvalue weighted by molar-refractivity contribution is 7.92. The van der Waals surface area contributed by atoms with Gasteiger partial charge in [0.25, 0.3) is 7.49 Å². The number of rotatable bonds is 5. The molecule has 0 bridgehead atoms. The fourth-order valence-electron chi connectivity index (χ4n) is 3.69. The second-order valence-corrected chi connectivity index (χ2v) is 11.4. The minimum absolute atomic E-state index is 0.114. The van der Waals surface area contributed by atoms with Crippen LogP contribution in [0.3, 0.4) is 0 Å². The van der Waals surface area contributed by atoms with Gasteiger partial charge in [-0.2, -0.15) is 0 Å². The molecule has 0 amide bonds. The predicted octanol–water partition coefficient (Wildman–Crippen LogP) is 6.27. The minimum atomic E-state index is -2.33. The maximum absolute atomic E-state index is 7.04. The standard InChI is InChI=1S/C28H28OP/c1-28(2,3)23-19-21-24(22-20-23)29-30(25-13-7-4-8-14-25,26-15-9-5-10-16-26)27-17-11-6-12-18-27/h4-22H,1-3H3/q+1. The molecule has 0 aliphatic rings. The first-order valence-corrected chi connectivity index (χ1v) is 12.1. The first-order chi connectivity index (χ1) is 14.5. The third-order valence-corrected chi connectivity index (χ3v) is 8.88. The highest BCUT2D eigenvalue weighted by Crippen LogP contribution is 2.56. The van der Waals surface area contributed by atoms with Crippen LogP contribution in [-0.2, 0) is 5.41 Å². The zero-order chi connectivity index (χ0) is 21.0. The largest absolute Gasteiger partial charge is 0.334 e. The van der Waals surface area contributed by atoms with Gasteiger partial charge in [0, 0.05) is 0 Å². The van der Waals surface area contributed by atoms with Crippen LogP contribution in [0.1, 0.15) is 26.3 Å². The average molecular weight is 412 g/mol. The normalized spacial score (nSPS) is 11.8. The highest BCUT2D eigenvalue weighted by atomic mass is 31.2. The molecule has 150 valence electrons. The van der Waals surface area contributed by atoms with E-state index < -0.39 is 7.49 Å². The Bertz CT molecular complexity index is 970. The Kier molecular flexibility index (Phi) is 5.75. The van der Waals surface area contributed by atoms with Crippen LogP contribution in [0.25, 0.3) is 0 Å². The van der Waals surface area contributed by atoms with E-state index in [4.69, 9.17) is 4.52 Å². The van der Waals surface area contributed by atoms with Gasteiger partial charge >= 0.3 is 0 Å². The van der Waals surface area contributed by atoms with Gasteiger partial charge in [-0.3, -0.25) is 0 Å². The van der Waals surface area contributed by atoms with E-state index in [0.29, 0.717) is 0 Å². The molecule has 0 spiro atoms. The van der Waals surface area contributed by atoms with Gasteiger partial charge in [-0.25, -0.2) is 0 Å². The Hall–Kier alpha value is -2.89. The maximum atomic E-state index is 7.04. The first kappa shape index (κ1) is 20.4. The van der Waals surface area contributed by atoms with Gasteiger partial charge in [0.2, 0.25) is 0 Å². The van der Waals surface area contributed by atoms with Crippen molar-refractivity contribution >= 4 is 23.4 Å². The average Bonchev–Trinajstić information content (AvgIpc) is 2.79. The van der Waals surface area contributed by atoms with Gasteiger partial charge < -0.3 is 4.52 Å². The van der Waals surface area contributed by atoms with Crippen molar-refractivity contribution in [1.29, 1.82) is 0 Å². The molecule has 0 saturated carbocycles. The van der Waals surface area contributed by atoms with Crippen molar-refractivity contribution in [2.24, 2.45) is 0 Å². The van der Waals surface area contributed by atoms with Gasteiger partial charge in [0.05, 0.1) is 0 Å². The molecule has 0 aromatic heterocycles. The van der Waals surface area contributed by atoms with Crippen LogP contribution >= 0.6 is 7.49 Å². The molecule has 0 N–H and O–H groups in total. The summed E-state index contributed by atoms with van der Waals surface area (Å²) in [5.74, 6) is 0.896. The molecule has 0 heterocycles. The molecule has 0 aliphatic carbocycles. The van der Waals surface area contributed by atoms with Crippen LogP contribution < -0.4 is 20.4 Å². The fourth-order valence-corrected chi connectivity index (χ4v) is 7.12. The van der Waals surface area contributed by atoms with Gasteiger partial charge in [0.15, 0.2) is 5.75 Å². The lowest BCUT2D eigenvalue weighted by atomic mass is 9.87. The lowest BCUT2D eigenvalue weighted by Crippen LogP contribution is -2.34. The molecular weight excluding hydrogens is 383 g/mol. The molecule has 2 heteroatoms. The second kappa shape index (κ2) is 8.46. The van der Waals surface area contributed by atoms with Crippen molar-refractivity contribution in [2.45, 2.75) is 26.2 Å². The van der Waals surface area contributed by atoms with E-state index in [2.05, 4.69) is 136 Å². The van der Waals surface area contributed by atoms with Crippen LogP contribution in [0.2, 0.25) is 0 Å². The van der Waals surface area contributed by atoms with Gasteiger partial charge in [-0.1, -0.05) is 87.5 Å². The summed E-state index contributed by atoms with van der Waals surface area (Å²) in [4.78, 5) is 0. The summed E-state index contributed by atoms with van der Waals surface area (Å²) in [5.41, 5.74) is 1.42. The van der Waals surface area contributed by atoms with E-state index in [1.54, 1.807) is 0 Å². The minimum Gasteiger partial charge on any atom is -0.334 e. The van der Waals surface area contributed by atoms with Crippen LogP contribution in [0, 0.1) is 0 Å². The van der Waals surface area contributed by atoms with Crippen molar-refractivity contribution in [2.75, 3.05) is 0 Å². The third kappa shape index (κ3) is 4.04. The van der Waals surface area contributed by atoms with Crippen molar-refractivity contribution in [3.8, 4) is 5.75 Å².